The van der Waals surface area contributed by atoms with E-state index in [1.165, 1.54) is 12.8 Å². The maximum absolute atomic E-state index is 11.8. The first kappa shape index (κ1) is 13.3. The maximum Gasteiger partial charge on any atom is 0.411 e. The SMILES string of the molecule is FC(F)(F)COCc1noc(CCNC2CC2)n1. The summed E-state index contributed by atoms with van der Waals surface area (Å²) in [6, 6.07) is 0.600. The Morgan fingerprint density at radius 1 is 1.39 bits per heavy atom. The topological polar surface area (TPSA) is 60.2 Å². The van der Waals surface area contributed by atoms with Crippen molar-refractivity contribution >= 4 is 0 Å². The van der Waals surface area contributed by atoms with E-state index in [4.69, 9.17) is 4.52 Å². The van der Waals surface area contributed by atoms with Gasteiger partial charge in [0, 0.05) is 19.0 Å². The minimum Gasteiger partial charge on any atom is -0.364 e. The van der Waals surface area contributed by atoms with Crippen molar-refractivity contribution in [2.24, 2.45) is 0 Å². The number of nitrogens with zero attached hydrogens (tertiary/aromatic N) is 2. The molecule has 0 amide bonds. The Morgan fingerprint density at radius 3 is 2.83 bits per heavy atom. The third-order valence-corrected chi connectivity index (χ3v) is 2.36. The molecule has 0 atom stereocenters. The third kappa shape index (κ3) is 5.01. The lowest BCUT2D eigenvalue weighted by Crippen LogP contribution is -2.19. The summed E-state index contributed by atoms with van der Waals surface area (Å²) in [7, 11) is 0. The van der Waals surface area contributed by atoms with Crippen LogP contribution in [0, 0.1) is 0 Å². The molecule has 1 N–H and O–H groups in total. The normalized spacial score (nSPS) is 16.2. The lowest BCUT2D eigenvalue weighted by atomic mass is 10.4. The number of ether oxygens (including phenoxy) is 1. The molecule has 1 fully saturated rings. The Morgan fingerprint density at radius 2 is 2.17 bits per heavy atom. The lowest BCUT2D eigenvalue weighted by molar-refractivity contribution is -0.177. The Labute approximate surface area is 102 Å². The van der Waals surface area contributed by atoms with Gasteiger partial charge in [0.05, 0.1) is 0 Å². The van der Waals surface area contributed by atoms with Gasteiger partial charge in [0.25, 0.3) is 0 Å². The van der Waals surface area contributed by atoms with E-state index in [0.717, 1.165) is 6.54 Å². The summed E-state index contributed by atoms with van der Waals surface area (Å²) < 4.78 is 44.8. The molecule has 0 aromatic carbocycles. The molecule has 5 nitrogen and oxygen atoms in total. The fourth-order valence-electron chi connectivity index (χ4n) is 1.38. The molecule has 0 unspecified atom stereocenters. The maximum atomic E-state index is 11.8. The zero-order chi connectivity index (χ0) is 13.0. The molecule has 0 radical (unpaired) electrons. The molecule has 0 aliphatic heterocycles. The Bertz CT molecular complexity index is 377. The standard InChI is InChI=1S/C10H14F3N3O2/c11-10(12,13)6-17-5-8-15-9(18-16-8)3-4-14-7-1-2-7/h7,14H,1-6H2. The van der Waals surface area contributed by atoms with Gasteiger partial charge in [-0.25, -0.2) is 0 Å². The second-order valence-electron chi connectivity index (χ2n) is 4.19. The summed E-state index contributed by atoms with van der Waals surface area (Å²) >= 11 is 0. The number of halogens is 3. The Kier molecular flexibility index (Phi) is 4.18. The van der Waals surface area contributed by atoms with Crippen LogP contribution >= 0.6 is 0 Å². The van der Waals surface area contributed by atoms with Crippen molar-refractivity contribution in [2.75, 3.05) is 13.2 Å². The molecule has 0 spiro atoms. The largest absolute Gasteiger partial charge is 0.411 e. The molecule has 1 saturated carbocycles. The summed E-state index contributed by atoms with van der Waals surface area (Å²) in [5, 5.41) is 6.81. The molecule has 18 heavy (non-hydrogen) atoms. The minimum atomic E-state index is -4.33. The first-order valence-corrected chi connectivity index (χ1v) is 5.72. The molecule has 8 heteroatoms. The second-order valence-corrected chi connectivity index (χ2v) is 4.19. The van der Waals surface area contributed by atoms with Gasteiger partial charge in [-0.15, -0.1) is 0 Å². The number of alkyl halides is 3. The molecular formula is C10H14F3N3O2. The van der Waals surface area contributed by atoms with Gasteiger partial charge < -0.3 is 14.6 Å². The highest BCUT2D eigenvalue weighted by Gasteiger charge is 2.27. The van der Waals surface area contributed by atoms with Gasteiger partial charge in [0.1, 0.15) is 13.2 Å². The molecule has 102 valence electrons. The summed E-state index contributed by atoms with van der Waals surface area (Å²) in [5.74, 6) is 0.550. The zero-order valence-electron chi connectivity index (χ0n) is 9.66. The molecular weight excluding hydrogens is 251 g/mol. The minimum absolute atomic E-state index is 0.140. The number of aromatic nitrogens is 2. The predicted octanol–water partition coefficient (Wildman–Crippen LogP) is 1.44. The van der Waals surface area contributed by atoms with Crippen molar-refractivity contribution in [3.05, 3.63) is 11.7 Å². The lowest BCUT2D eigenvalue weighted by Gasteiger charge is -2.04. The van der Waals surface area contributed by atoms with Crippen LogP contribution in [0.3, 0.4) is 0 Å². The first-order valence-electron chi connectivity index (χ1n) is 5.72. The van der Waals surface area contributed by atoms with Crippen molar-refractivity contribution in [1.29, 1.82) is 0 Å². The van der Waals surface area contributed by atoms with Gasteiger partial charge in [0.2, 0.25) is 5.89 Å². The Hall–Kier alpha value is -1.15. The van der Waals surface area contributed by atoms with Gasteiger partial charge in [-0.05, 0) is 12.8 Å². The van der Waals surface area contributed by atoms with Crippen molar-refractivity contribution in [3.8, 4) is 0 Å². The van der Waals surface area contributed by atoms with Gasteiger partial charge >= 0.3 is 6.18 Å². The van der Waals surface area contributed by atoms with Crippen LogP contribution in [-0.4, -0.2) is 35.5 Å². The molecule has 0 saturated heterocycles. The van der Waals surface area contributed by atoms with Crippen LogP contribution in [0.1, 0.15) is 24.6 Å². The highest BCUT2D eigenvalue weighted by Crippen LogP contribution is 2.18. The van der Waals surface area contributed by atoms with Crippen molar-refractivity contribution in [2.45, 2.75) is 38.1 Å². The first-order chi connectivity index (χ1) is 8.53. The average molecular weight is 265 g/mol. The van der Waals surface area contributed by atoms with Gasteiger partial charge in [-0.1, -0.05) is 5.16 Å². The van der Waals surface area contributed by atoms with Crippen molar-refractivity contribution in [3.63, 3.8) is 0 Å². The van der Waals surface area contributed by atoms with Crippen molar-refractivity contribution < 1.29 is 22.4 Å². The summed E-state index contributed by atoms with van der Waals surface area (Å²) in [6.07, 6.45) is -1.37. The van der Waals surface area contributed by atoms with Crippen LogP contribution in [0.2, 0.25) is 0 Å². The molecule has 1 heterocycles. The zero-order valence-corrected chi connectivity index (χ0v) is 9.66. The number of nitrogens with one attached hydrogen (secondary N) is 1. The number of hydrogen-bond donors (Lipinski definition) is 1. The summed E-state index contributed by atoms with van der Waals surface area (Å²) in [5.41, 5.74) is 0. The van der Waals surface area contributed by atoms with E-state index < -0.39 is 12.8 Å². The summed E-state index contributed by atoms with van der Waals surface area (Å²) in [6.45, 7) is -0.866. The quantitative estimate of drug-likeness (QED) is 0.808. The molecule has 1 aromatic heterocycles. The molecule has 1 aliphatic carbocycles. The van der Waals surface area contributed by atoms with Crippen LogP contribution in [0.25, 0.3) is 0 Å². The van der Waals surface area contributed by atoms with Crippen LogP contribution < -0.4 is 5.32 Å². The highest BCUT2D eigenvalue weighted by molar-refractivity contribution is 4.87. The molecule has 1 aliphatic rings. The van der Waals surface area contributed by atoms with Crippen LogP contribution in [0.5, 0.6) is 0 Å². The monoisotopic (exact) mass is 265 g/mol. The molecule has 0 bridgehead atoms. The van der Waals surface area contributed by atoms with E-state index >= 15 is 0 Å². The molecule has 1 aromatic rings. The molecule has 2 rings (SSSR count). The van der Waals surface area contributed by atoms with E-state index in [2.05, 4.69) is 20.2 Å². The second kappa shape index (κ2) is 5.66. The fraction of sp³-hybridized carbons (Fsp3) is 0.800. The summed E-state index contributed by atoms with van der Waals surface area (Å²) in [4.78, 5) is 3.94. The smallest absolute Gasteiger partial charge is 0.364 e. The van der Waals surface area contributed by atoms with E-state index in [9.17, 15) is 13.2 Å². The average Bonchev–Trinajstić information content (AvgIpc) is 2.97. The van der Waals surface area contributed by atoms with Crippen LogP contribution in [-0.2, 0) is 17.8 Å². The Balaban J connectivity index is 1.65. The predicted molar refractivity (Wildman–Crippen MR) is 54.7 cm³/mol. The fourth-order valence-corrected chi connectivity index (χ4v) is 1.38. The number of rotatable bonds is 7. The van der Waals surface area contributed by atoms with Crippen LogP contribution in [0.15, 0.2) is 4.52 Å². The van der Waals surface area contributed by atoms with Gasteiger partial charge in [-0.3, -0.25) is 0 Å². The van der Waals surface area contributed by atoms with Gasteiger partial charge in [0.15, 0.2) is 5.82 Å². The van der Waals surface area contributed by atoms with E-state index in [-0.39, 0.29) is 12.4 Å². The van der Waals surface area contributed by atoms with Crippen LogP contribution in [0.4, 0.5) is 13.2 Å². The number of hydrogen-bond acceptors (Lipinski definition) is 5. The van der Waals surface area contributed by atoms with Crippen molar-refractivity contribution in [1.82, 2.24) is 15.5 Å². The third-order valence-electron chi connectivity index (χ3n) is 2.36. The van der Waals surface area contributed by atoms with E-state index in [1.54, 1.807) is 0 Å². The van der Waals surface area contributed by atoms with E-state index in [1.807, 2.05) is 0 Å². The van der Waals surface area contributed by atoms with E-state index in [0.29, 0.717) is 18.4 Å². The highest BCUT2D eigenvalue weighted by atomic mass is 19.4. The van der Waals surface area contributed by atoms with Gasteiger partial charge in [-0.2, -0.15) is 18.2 Å².